The molecule has 0 radical (unpaired) electrons. The lowest BCUT2D eigenvalue weighted by atomic mass is 10.2. The minimum Gasteiger partial charge on any atom is -0.379 e. The van der Waals surface area contributed by atoms with Crippen LogP contribution in [0.2, 0.25) is 0 Å². The molecule has 1 heterocycles. The summed E-state index contributed by atoms with van der Waals surface area (Å²) in [6, 6.07) is 0.544. The van der Waals surface area contributed by atoms with E-state index >= 15 is 0 Å². The molecule has 0 spiro atoms. The molecule has 0 aliphatic carbocycles. The van der Waals surface area contributed by atoms with Gasteiger partial charge in [-0.3, -0.25) is 4.90 Å². The van der Waals surface area contributed by atoms with Crippen molar-refractivity contribution in [3.05, 3.63) is 12.7 Å². The van der Waals surface area contributed by atoms with Gasteiger partial charge in [0, 0.05) is 25.7 Å². The average molecular weight is 212 g/mol. The zero-order valence-electron chi connectivity index (χ0n) is 9.87. The Labute approximate surface area is 93.5 Å². The Morgan fingerprint density at radius 3 is 3.00 bits per heavy atom. The van der Waals surface area contributed by atoms with E-state index in [0.29, 0.717) is 6.04 Å². The fraction of sp³-hybridized carbons (Fsp3) is 0.833. The van der Waals surface area contributed by atoms with Crippen LogP contribution in [0.4, 0.5) is 0 Å². The molecule has 88 valence electrons. The van der Waals surface area contributed by atoms with Gasteiger partial charge < -0.3 is 10.1 Å². The number of rotatable bonds is 7. The topological polar surface area (TPSA) is 24.5 Å². The highest BCUT2D eigenvalue weighted by Crippen LogP contribution is 2.01. The Kier molecular flexibility index (Phi) is 6.64. The lowest BCUT2D eigenvalue weighted by Crippen LogP contribution is -2.43. The normalized spacial score (nSPS) is 21.9. The Morgan fingerprint density at radius 2 is 2.40 bits per heavy atom. The van der Waals surface area contributed by atoms with E-state index in [9.17, 15) is 0 Å². The second kappa shape index (κ2) is 7.85. The third kappa shape index (κ3) is 5.30. The van der Waals surface area contributed by atoms with Crippen LogP contribution in [0.3, 0.4) is 0 Å². The minimum absolute atomic E-state index is 0.544. The molecule has 3 heteroatoms. The highest BCUT2D eigenvalue weighted by atomic mass is 16.5. The van der Waals surface area contributed by atoms with Gasteiger partial charge in [0.05, 0.1) is 13.2 Å². The van der Waals surface area contributed by atoms with E-state index in [2.05, 4.69) is 23.7 Å². The molecule has 0 aromatic rings. The summed E-state index contributed by atoms with van der Waals surface area (Å²) in [7, 11) is 0. The van der Waals surface area contributed by atoms with Gasteiger partial charge in [-0.15, -0.1) is 6.58 Å². The average Bonchev–Trinajstić information content (AvgIpc) is 2.28. The molecule has 15 heavy (non-hydrogen) atoms. The summed E-state index contributed by atoms with van der Waals surface area (Å²) in [6.07, 6.45) is 4.37. The van der Waals surface area contributed by atoms with Crippen molar-refractivity contribution in [1.29, 1.82) is 0 Å². The lowest BCUT2D eigenvalue weighted by Gasteiger charge is -2.27. The first kappa shape index (κ1) is 12.7. The van der Waals surface area contributed by atoms with Gasteiger partial charge in [0.2, 0.25) is 0 Å². The fourth-order valence-electron chi connectivity index (χ4n) is 1.94. The molecule has 3 nitrogen and oxygen atoms in total. The van der Waals surface area contributed by atoms with E-state index < -0.39 is 0 Å². The van der Waals surface area contributed by atoms with Gasteiger partial charge in [-0.1, -0.05) is 13.0 Å². The summed E-state index contributed by atoms with van der Waals surface area (Å²) in [5, 5.41) is 3.48. The summed E-state index contributed by atoms with van der Waals surface area (Å²) in [5.74, 6) is 0. The van der Waals surface area contributed by atoms with Crippen molar-refractivity contribution in [2.75, 3.05) is 39.4 Å². The van der Waals surface area contributed by atoms with E-state index in [1.807, 2.05) is 6.08 Å². The third-order valence-electron chi connectivity index (χ3n) is 2.72. The molecule has 1 fully saturated rings. The maximum absolute atomic E-state index is 5.43. The van der Waals surface area contributed by atoms with Gasteiger partial charge in [0.15, 0.2) is 0 Å². The molecule has 1 N–H and O–H groups in total. The summed E-state index contributed by atoms with van der Waals surface area (Å²) < 4.78 is 5.43. The van der Waals surface area contributed by atoms with Crippen LogP contribution in [0.1, 0.15) is 19.8 Å². The molecule has 0 amide bonds. The number of nitrogens with zero attached hydrogens (tertiary/aromatic N) is 1. The molecule has 0 saturated carbocycles. The molecule has 1 rings (SSSR count). The summed E-state index contributed by atoms with van der Waals surface area (Å²) in [5.41, 5.74) is 0. The quantitative estimate of drug-likeness (QED) is 0.643. The van der Waals surface area contributed by atoms with Gasteiger partial charge in [0.25, 0.3) is 0 Å². The second-order valence-electron chi connectivity index (χ2n) is 4.10. The highest BCUT2D eigenvalue weighted by Gasteiger charge is 2.13. The van der Waals surface area contributed by atoms with Crippen LogP contribution in [0.5, 0.6) is 0 Å². The first-order valence-corrected chi connectivity index (χ1v) is 6.01. The molecular formula is C12H24N2O. The summed E-state index contributed by atoms with van der Waals surface area (Å²) in [4.78, 5) is 2.45. The molecule has 1 saturated heterocycles. The van der Waals surface area contributed by atoms with Crippen molar-refractivity contribution >= 4 is 0 Å². The maximum atomic E-state index is 5.43. The maximum Gasteiger partial charge on any atom is 0.0620 e. The van der Waals surface area contributed by atoms with E-state index in [1.54, 1.807) is 0 Å². The Bertz CT molecular complexity index is 167. The minimum atomic E-state index is 0.544. The second-order valence-corrected chi connectivity index (χ2v) is 4.10. The van der Waals surface area contributed by atoms with E-state index in [0.717, 1.165) is 32.8 Å². The molecule has 0 aromatic heterocycles. The predicted molar refractivity (Wildman–Crippen MR) is 64.2 cm³/mol. The van der Waals surface area contributed by atoms with Crippen LogP contribution in [0.25, 0.3) is 0 Å². The van der Waals surface area contributed by atoms with E-state index in [-0.39, 0.29) is 0 Å². The van der Waals surface area contributed by atoms with Gasteiger partial charge in [-0.2, -0.15) is 0 Å². The van der Waals surface area contributed by atoms with Crippen LogP contribution in [-0.2, 0) is 4.74 Å². The molecule has 0 bridgehead atoms. The predicted octanol–water partition coefficient (Wildman–Crippen LogP) is 1.26. The zero-order valence-corrected chi connectivity index (χ0v) is 9.87. The fourth-order valence-corrected chi connectivity index (χ4v) is 1.94. The van der Waals surface area contributed by atoms with Crippen molar-refractivity contribution in [3.8, 4) is 0 Å². The van der Waals surface area contributed by atoms with Gasteiger partial charge in [0.1, 0.15) is 0 Å². The van der Waals surface area contributed by atoms with Crippen molar-refractivity contribution in [3.63, 3.8) is 0 Å². The summed E-state index contributed by atoms with van der Waals surface area (Å²) in [6.45, 7) is 12.1. The standard InChI is InChI=1S/C12H24N2O/c1-3-7-14(8-4-2)9-5-12-11-15-10-6-13-12/h3,12-13H,1,4-11H2,2H3. The monoisotopic (exact) mass is 212 g/mol. The van der Waals surface area contributed by atoms with Crippen molar-refractivity contribution < 1.29 is 4.74 Å². The number of nitrogens with one attached hydrogen (secondary N) is 1. The molecule has 1 unspecified atom stereocenters. The van der Waals surface area contributed by atoms with Crippen molar-refractivity contribution in [2.24, 2.45) is 0 Å². The van der Waals surface area contributed by atoms with Crippen molar-refractivity contribution in [1.82, 2.24) is 10.2 Å². The van der Waals surface area contributed by atoms with Crippen LogP contribution >= 0.6 is 0 Å². The summed E-state index contributed by atoms with van der Waals surface area (Å²) >= 11 is 0. The molecule has 1 atom stereocenters. The zero-order chi connectivity index (χ0) is 10.9. The number of hydrogen-bond donors (Lipinski definition) is 1. The lowest BCUT2D eigenvalue weighted by molar-refractivity contribution is 0.0704. The third-order valence-corrected chi connectivity index (χ3v) is 2.72. The first-order chi connectivity index (χ1) is 7.36. The molecule has 0 aromatic carbocycles. The van der Waals surface area contributed by atoms with Crippen LogP contribution in [0, 0.1) is 0 Å². The first-order valence-electron chi connectivity index (χ1n) is 6.01. The Balaban J connectivity index is 2.16. The molecule has 1 aliphatic rings. The Hall–Kier alpha value is -0.380. The van der Waals surface area contributed by atoms with Gasteiger partial charge >= 0.3 is 0 Å². The molecular weight excluding hydrogens is 188 g/mol. The van der Waals surface area contributed by atoms with Crippen LogP contribution in [0.15, 0.2) is 12.7 Å². The largest absolute Gasteiger partial charge is 0.379 e. The van der Waals surface area contributed by atoms with Crippen LogP contribution in [-0.4, -0.2) is 50.3 Å². The van der Waals surface area contributed by atoms with E-state index in [4.69, 9.17) is 4.74 Å². The SMILES string of the molecule is C=CCN(CCC)CCC1COCCN1. The van der Waals surface area contributed by atoms with Crippen molar-refractivity contribution in [2.45, 2.75) is 25.8 Å². The Morgan fingerprint density at radius 1 is 1.53 bits per heavy atom. The van der Waals surface area contributed by atoms with Gasteiger partial charge in [-0.25, -0.2) is 0 Å². The number of ether oxygens (including phenoxy) is 1. The van der Waals surface area contributed by atoms with E-state index in [1.165, 1.54) is 19.4 Å². The highest BCUT2D eigenvalue weighted by molar-refractivity contribution is 4.76. The molecule has 1 aliphatic heterocycles. The van der Waals surface area contributed by atoms with Gasteiger partial charge in [-0.05, 0) is 19.4 Å². The number of morpholine rings is 1. The number of hydrogen-bond acceptors (Lipinski definition) is 3. The smallest absolute Gasteiger partial charge is 0.0620 e. The van der Waals surface area contributed by atoms with Crippen LogP contribution < -0.4 is 5.32 Å².